The van der Waals surface area contributed by atoms with E-state index < -0.39 is 0 Å². The van der Waals surface area contributed by atoms with Gasteiger partial charge in [0.05, 0.1) is 42.7 Å². The summed E-state index contributed by atoms with van der Waals surface area (Å²) in [6, 6.07) is 8.35. The number of hydrogen-bond acceptors (Lipinski definition) is 8. The molecule has 1 N–H and O–H groups in total. The second-order valence-electron chi connectivity index (χ2n) is 7.66. The maximum atomic E-state index is 5.50. The van der Waals surface area contributed by atoms with Crippen LogP contribution in [0.5, 0.6) is 34.5 Å². The van der Waals surface area contributed by atoms with E-state index in [9.17, 15) is 0 Å². The molecule has 1 aliphatic heterocycles. The van der Waals surface area contributed by atoms with E-state index in [4.69, 9.17) is 28.4 Å². The summed E-state index contributed by atoms with van der Waals surface area (Å²) in [5.41, 5.74) is 2.25. The molecular formula is C24H34N2O6. The zero-order chi connectivity index (χ0) is 23.1. The Kier molecular flexibility index (Phi) is 8.30. The van der Waals surface area contributed by atoms with E-state index in [0.29, 0.717) is 40.5 Å². The van der Waals surface area contributed by atoms with Gasteiger partial charge in [-0.25, -0.2) is 0 Å². The monoisotopic (exact) mass is 446 g/mol. The van der Waals surface area contributed by atoms with E-state index in [1.807, 2.05) is 24.3 Å². The van der Waals surface area contributed by atoms with E-state index in [2.05, 4.69) is 10.2 Å². The van der Waals surface area contributed by atoms with Crippen molar-refractivity contribution >= 4 is 0 Å². The fourth-order valence-electron chi connectivity index (χ4n) is 4.20. The molecule has 1 heterocycles. The van der Waals surface area contributed by atoms with Gasteiger partial charge in [-0.05, 0) is 41.8 Å². The number of methoxy groups -OCH3 is 6. The van der Waals surface area contributed by atoms with Gasteiger partial charge < -0.3 is 33.7 Å². The quantitative estimate of drug-likeness (QED) is 0.598. The Morgan fingerprint density at radius 2 is 1.19 bits per heavy atom. The van der Waals surface area contributed by atoms with Crippen molar-refractivity contribution in [3.63, 3.8) is 0 Å². The molecule has 1 unspecified atom stereocenters. The van der Waals surface area contributed by atoms with Gasteiger partial charge in [0.15, 0.2) is 23.0 Å². The molecule has 1 atom stereocenters. The molecule has 0 radical (unpaired) electrons. The van der Waals surface area contributed by atoms with Gasteiger partial charge >= 0.3 is 0 Å². The fourth-order valence-corrected chi connectivity index (χ4v) is 4.20. The van der Waals surface area contributed by atoms with Gasteiger partial charge in [0, 0.05) is 32.2 Å². The first-order chi connectivity index (χ1) is 15.6. The van der Waals surface area contributed by atoms with Crippen LogP contribution in [0.15, 0.2) is 24.3 Å². The van der Waals surface area contributed by atoms with E-state index in [0.717, 1.165) is 43.7 Å². The molecular weight excluding hydrogens is 412 g/mol. The highest BCUT2D eigenvalue weighted by Gasteiger charge is 2.23. The smallest absolute Gasteiger partial charge is 0.203 e. The van der Waals surface area contributed by atoms with Crippen molar-refractivity contribution in [1.29, 1.82) is 0 Å². The molecule has 8 nitrogen and oxygen atoms in total. The molecule has 1 saturated heterocycles. The maximum Gasteiger partial charge on any atom is 0.203 e. The molecule has 1 fully saturated rings. The molecule has 176 valence electrons. The van der Waals surface area contributed by atoms with E-state index >= 15 is 0 Å². The normalized spacial score (nSPS) is 16.4. The molecule has 8 heteroatoms. The van der Waals surface area contributed by atoms with Crippen LogP contribution in [0.25, 0.3) is 0 Å². The number of nitrogens with one attached hydrogen (secondary N) is 1. The molecule has 0 spiro atoms. The predicted octanol–water partition coefficient (Wildman–Crippen LogP) is 2.75. The number of ether oxygens (including phenoxy) is 6. The minimum absolute atomic E-state index is 0.300. The van der Waals surface area contributed by atoms with Gasteiger partial charge in [-0.1, -0.05) is 0 Å². The standard InChI is InChI=1S/C24H34N2O6/c1-27-19-10-16(11-20(28-2)23(19)31-5)9-18-15-26(8-7-25-18)14-17-12-21(29-3)24(32-6)22(13-17)30-4/h10-13,18,25H,7-9,14-15H2,1-6H3. The number of hydrogen-bond donors (Lipinski definition) is 1. The molecule has 1 aliphatic rings. The third-order valence-electron chi connectivity index (χ3n) is 5.68. The van der Waals surface area contributed by atoms with Crippen molar-refractivity contribution in [2.45, 2.75) is 19.0 Å². The first kappa shape index (κ1) is 23.8. The summed E-state index contributed by atoms with van der Waals surface area (Å²) in [5.74, 6) is 3.91. The zero-order valence-electron chi connectivity index (χ0n) is 19.8. The summed E-state index contributed by atoms with van der Waals surface area (Å²) >= 11 is 0. The minimum atomic E-state index is 0.300. The second kappa shape index (κ2) is 11.2. The third kappa shape index (κ3) is 5.31. The van der Waals surface area contributed by atoms with Crippen LogP contribution >= 0.6 is 0 Å². The fraction of sp³-hybridized carbons (Fsp3) is 0.500. The lowest BCUT2D eigenvalue weighted by Gasteiger charge is -2.34. The summed E-state index contributed by atoms with van der Waals surface area (Å²) in [4.78, 5) is 2.43. The van der Waals surface area contributed by atoms with E-state index in [-0.39, 0.29) is 0 Å². The van der Waals surface area contributed by atoms with Crippen LogP contribution in [0.2, 0.25) is 0 Å². The molecule has 0 bridgehead atoms. The Hall–Kier alpha value is -2.84. The first-order valence-electron chi connectivity index (χ1n) is 10.6. The summed E-state index contributed by atoms with van der Waals surface area (Å²) in [7, 11) is 9.78. The van der Waals surface area contributed by atoms with Gasteiger partial charge in [0.2, 0.25) is 11.5 Å². The second-order valence-corrected chi connectivity index (χ2v) is 7.66. The lowest BCUT2D eigenvalue weighted by atomic mass is 10.0. The van der Waals surface area contributed by atoms with Gasteiger partial charge in [-0.3, -0.25) is 4.90 Å². The maximum absolute atomic E-state index is 5.50. The summed E-state index contributed by atoms with van der Waals surface area (Å²) in [6.07, 6.45) is 0.850. The predicted molar refractivity (Wildman–Crippen MR) is 123 cm³/mol. The van der Waals surface area contributed by atoms with Gasteiger partial charge in [-0.15, -0.1) is 0 Å². The molecule has 3 rings (SSSR count). The van der Waals surface area contributed by atoms with Crippen molar-refractivity contribution in [3.05, 3.63) is 35.4 Å². The van der Waals surface area contributed by atoms with Crippen LogP contribution in [0.1, 0.15) is 11.1 Å². The molecule has 2 aromatic rings. The molecule has 0 saturated carbocycles. The van der Waals surface area contributed by atoms with Crippen molar-refractivity contribution in [1.82, 2.24) is 10.2 Å². The Morgan fingerprint density at radius 3 is 1.62 bits per heavy atom. The summed E-state index contributed by atoms with van der Waals surface area (Å²) in [6.45, 7) is 3.58. The Bertz CT molecular complexity index is 783. The van der Waals surface area contributed by atoms with Crippen molar-refractivity contribution in [2.24, 2.45) is 0 Å². The van der Waals surface area contributed by atoms with Crippen molar-refractivity contribution in [3.8, 4) is 34.5 Å². The van der Waals surface area contributed by atoms with Crippen LogP contribution in [-0.2, 0) is 13.0 Å². The SMILES string of the molecule is COc1cc(CC2CN(Cc3cc(OC)c(OC)c(OC)c3)CCN2)cc(OC)c1OC. The largest absolute Gasteiger partial charge is 0.493 e. The number of benzene rings is 2. The van der Waals surface area contributed by atoms with Gasteiger partial charge in [0.25, 0.3) is 0 Å². The highest BCUT2D eigenvalue weighted by molar-refractivity contribution is 5.54. The highest BCUT2D eigenvalue weighted by atomic mass is 16.5. The minimum Gasteiger partial charge on any atom is -0.493 e. The van der Waals surface area contributed by atoms with Crippen LogP contribution in [0.3, 0.4) is 0 Å². The molecule has 2 aromatic carbocycles. The average molecular weight is 447 g/mol. The zero-order valence-corrected chi connectivity index (χ0v) is 19.8. The van der Waals surface area contributed by atoms with Gasteiger partial charge in [-0.2, -0.15) is 0 Å². The van der Waals surface area contributed by atoms with Crippen LogP contribution in [-0.4, -0.2) is 73.2 Å². The molecule has 0 aromatic heterocycles. The Morgan fingerprint density at radius 1 is 0.719 bits per heavy atom. The van der Waals surface area contributed by atoms with Gasteiger partial charge in [0.1, 0.15) is 0 Å². The summed E-state index contributed by atoms with van der Waals surface area (Å²) < 4.78 is 32.9. The number of rotatable bonds is 10. The first-order valence-corrected chi connectivity index (χ1v) is 10.6. The van der Waals surface area contributed by atoms with Crippen molar-refractivity contribution in [2.75, 3.05) is 62.3 Å². The van der Waals surface area contributed by atoms with E-state index in [1.165, 1.54) is 0 Å². The average Bonchev–Trinajstić information content (AvgIpc) is 2.82. The number of nitrogens with zero attached hydrogens (tertiary/aromatic N) is 1. The number of piperazine rings is 1. The molecule has 0 amide bonds. The lowest BCUT2D eigenvalue weighted by Crippen LogP contribution is -2.51. The Balaban J connectivity index is 1.73. The lowest BCUT2D eigenvalue weighted by molar-refractivity contribution is 0.191. The molecule has 0 aliphatic carbocycles. The molecule has 32 heavy (non-hydrogen) atoms. The Labute approximate surface area is 190 Å². The van der Waals surface area contributed by atoms with Crippen LogP contribution < -0.4 is 33.7 Å². The van der Waals surface area contributed by atoms with Crippen LogP contribution in [0, 0.1) is 0 Å². The highest BCUT2D eigenvalue weighted by Crippen LogP contribution is 2.39. The summed E-state index contributed by atoms with van der Waals surface area (Å²) in [5, 5.41) is 3.63. The van der Waals surface area contributed by atoms with Crippen LogP contribution in [0.4, 0.5) is 0 Å². The van der Waals surface area contributed by atoms with Crippen molar-refractivity contribution < 1.29 is 28.4 Å². The topological polar surface area (TPSA) is 70.7 Å². The van der Waals surface area contributed by atoms with E-state index in [1.54, 1.807) is 42.7 Å². The third-order valence-corrected chi connectivity index (χ3v) is 5.68.